The third-order valence-corrected chi connectivity index (χ3v) is 1.85. The van der Waals surface area contributed by atoms with Crippen LogP contribution in [-0.4, -0.2) is 9.55 Å². The first-order valence-electron chi connectivity index (χ1n) is 3.76. The number of aryl methyl sites for hydroxylation is 1. The molecule has 1 heterocycles. The summed E-state index contributed by atoms with van der Waals surface area (Å²) in [6.07, 6.45) is 7.79. The molecule has 53 valence electrons. The summed E-state index contributed by atoms with van der Waals surface area (Å²) in [7, 11) is 0. The van der Waals surface area contributed by atoms with Crippen LogP contribution >= 0.6 is 0 Å². The molecule has 2 nitrogen and oxygen atoms in total. The average molecular weight is 135 g/mol. The second-order valence-electron chi connectivity index (χ2n) is 3.08. The molecule has 1 aromatic rings. The van der Waals surface area contributed by atoms with E-state index in [0.717, 1.165) is 18.2 Å². The predicted molar refractivity (Wildman–Crippen MR) is 38.5 cm³/mol. The highest BCUT2D eigenvalue weighted by Gasteiger charge is 2.21. The molecule has 2 heteroatoms. The summed E-state index contributed by atoms with van der Waals surface area (Å²) in [6, 6.07) is 0. The van der Waals surface area contributed by atoms with Gasteiger partial charge >= 0.3 is 0 Å². The van der Waals surface area contributed by atoms with Crippen molar-refractivity contribution < 1.29 is 0 Å². The molecular formula is C8H11N2. The smallest absolute Gasteiger partial charge is 0.176 e. The minimum Gasteiger partial charge on any atom is -0.328 e. The summed E-state index contributed by atoms with van der Waals surface area (Å²) >= 11 is 0. The fraction of sp³-hybridized carbons (Fsp3) is 0.625. The Labute approximate surface area is 60.9 Å². The lowest BCUT2D eigenvalue weighted by atomic mass is 10.4. The Bertz CT molecular complexity index is 223. The molecule has 0 N–H and O–H groups in total. The first-order chi connectivity index (χ1) is 4.84. The lowest BCUT2D eigenvalue weighted by molar-refractivity contribution is 0.622. The zero-order chi connectivity index (χ0) is 6.97. The van der Waals surface area contributed by atoms with Gasteiger partial charge in [0.15, 0.2) is 6.33 Å². The molecule has 0 spiro atoms. The molecule has 1 aliphatic rings. The molecule has 1 aliphatic carbocycles. The topological polar surface area (TPSA) is 17.8 Å². The number of rotatable bonds is 2. The van der Waals surface area contributed by atoms with Gasteiger partial charge in [-0.2, -0.15) is 0 Å². The van der Waals surface area contributed by atoms with Gasteiger partial charge in [-0.1, -0.05) is 0 Å². The first kappa shape index (κ1) is 5.96. The normalized spacial score (nSPS) is 17.7. The zero-order valence-corrected chi connectivity index (χ0v) is 6.17. The van der Waals surface area contributed by atoms with Gasteiger partial charge in [-0.15, -0.1) is 0 Å². The maximum atomic E-state index is 4.04. The molecule has 2 rings (SSSR count). The SMILES string of the molecule is Cc1cn(CC2CC2)[c]n1. The van der Waals surface area contributed by atoms with Gasteiger partial charge in [-0.05, 0) is 25.7 Å². The van der Waals surface area contributed by atoms with Crippen molar-refractivity contribution in [1.29, 1.82) is 0 Å². The third-order valence-electron chi connectivity index (χ3n) is 1.85. The molecule has 10 heavy (non-hydrogen) atoms. The molecule has 0 bridgehead atoms. The van der Waals surface area contributed by atoms with Gasteiger partial charge in [0.1, 0.15) is 0 Å². The Morgan fingerprint density at radius 3 is 3.10 bits per heavy atom. The lowest BCUT2D eigenvalue weighted by Crippen LogP contribution is -1.95. The summed E-state index contributed by atoms with van der Waals surface area (Å²) in [5.74, 6) is 0.921. The standard InChI is InChI=1S/C8H11N2/c1-7-4-10(6-9-7)5-8-2-3-8/h4,8H,2-3,5H2,1H3. The monoisotopic (exact) mass is 135 g/mol. The van der Waals surface area contributed by atoms with Gasteiger partial charge in [0.05, 0.1) is 5.69 Å². The molecular weight excluding hydrogens is 124 g/mol. The Kier molecular flexibility index (Phi) is 1.26. The van der Waals surface area contributed by atoms with Crippen molar-refractivity contribution in [3.8, 4) is 0 Å². The van der Waals surface area contributed by atoms with Crippen LogP contribution in [0.2, 0.25) is 0 Å². The Balaban J connectivity index is 2.03. The molecule has 0 saturated heterocycles. The molecule has 1 radical (unpaired) electrons. The molecule has 1 saturated carbocycles. The van der Waals surface area contributed by atoms with E-state index in [1.807, 2.05) is 6.92 Å². The summed E-state index contributed by atoms with van der Waals surface area (Å²) in [6.45, 7) is 3.13. The summed E-state index contributed by atoms with van der Waals surface area (Å²) < 4.78 is 2.06. The number of hydrogen-bond donors (Lipinski definition) is 0. The third kappa shape index (κ3) is 1.20. The van der Waals surface area contributed by atoms with E-state index in [2.05, 4.69) is 22.1 Å². The van der Waals surface area contributed by atoms with Crippen molar-refractivity contribution in [3.05, 3.63) is 18.2 Å². The number of nitrogens with zero attached hydrogens (tertiary/aromatic N) is 2. The first-order valence-corrected chi connectivity index (χ1v) is 3.76. The Hall–Kier alpha value is -0.790. The molecule has 0 amide bonds. The van der Waals surface area contributed by atoms with E-state index >= 15 is 0 Å². The highest BCUT2D eigenvalue weighted by atomic mass is 15.0. The molecule has 0 aromatic carbocycles. The van der Waals surface area contributed by atoms with E-state index in [9.17, 15) is 0 Å². The minimum atomic E-state index is 0.921. The van der Waals surface area contributed by atoms with Crippen molar-refractivity contribution >= 4 is 0 Å². The van der Waals surface area contributed by atoms with E-state index in [1.165, 1.54) is 12.8 Å². The van der Waals surface area contributed by atoms with Gasteiger partial charge in [-0.25, -0.2) is 4.98 Å². The number of hydrogen-bond acceptors (Lipinski definition) is 1. The van der Waals surface area contributed by atoms with E-state index in [0.29, 0.717) is 0 Å². The van der Waals surface area contributed by atoms with Crippen LogP contribution in [0.3, 0.4) is 0 Å². The Morgan fingerprint density at radius 1 is 1.80 bits per heavy atom. The van der Waals surface area contributed by atoms with Crippen molar-refractivity contribution in [2.24, 2.45) is 5.92 Å². The van der Waals surface area contributed by atoms with Crippen LogP contribution in [0, 0.1) is 19.2 Å². The van der Waals surface area contributed by atoms with Crippen molar-refractivity contribution in [2.75, 3.05) is 0 Å². The van der Waals surface area contributed by atoms with Gasteiger partial charge in [0.2, 0.25) is 0 Å². The van der Waals surface area contributed by atoms with Crippen LogP contribution in [-0.2, 0) is 6.54 Å². The summed E-state index contributed by atoms with van der Waals surface area (Å²) in [5.41, 5.74) is 1.07. The fourth-order valence-corrected chi connectivity index (χ4v) is 1.10. The van der Waals surface area contributed by atoms with Gasteiger partial charge in [0.25, 0.3) is 0 Å². The maximum Gasteiger partial charge on any atom is 0.176 e. The van der Waals surface area contributed by atoms with Crippen molar-refractivity contribution in [2.45, 2.75) is 26.3 Å². The molecule has 0 unspecified atom stereocenters. The Morgan fingerprint density at radius 2 is 2.60 bits per heavy atom. The van der Waals surface area contributed by atoms with Gasteiger partial charge in [-0.3, -0.25) is 0 Å². The molecule has 1 aromatic heterocycles. The van der Waals surface area contributed by atoms with Crippen LogP contribution in [0.1, 0.15) is 18.5 Å². The van der Waals surface area contributed by atoms with Crippen LogP contribution < -0.4 is 0 Å². The van der Waals surface area contributed by atoms with E-state index < -0.39 is 0 Å². The minimum absolute atomic E-state index is 0.921. The molecule has 1 fully saturated rings. The molecule has 0 aliphatic heterocycles. The van der Waals surface area contributed by atoms with Gasteiger partial charge < -0.3 is 4.57 Å². The maximum absolute atomic E-state index is 4.04. The second kappa shape index (κ2) is 2.11. The van der Waals surface area contributed by atoms with Crippen molar-refractivity contribution in [3.63, 3.8) is 0 Å². The fourth-order valence-electron chi connectivity index (χ4n) is 1.10. The second-order valence-corrected chi connectivity index (χ2v) is 3.08. The number of imidazole rings is 1. The predicted octanol–water partition coefficient (Wildman–Crippen LogP) is 1.40. The van der Waals surface area contributed by atoms with E-state index in [4.69, 9.17) is 0 Å². The zero-order valence-electron chi connectivity index (χ0n) is 6.17. The highest BCUT2D eigenvalue weighted by Crippen LogP contribution is 2.30. The van der Waals surface area contributed by atoms with Crippen LogP contribution in [0.25, 0.3) is 0 Å². The summed E-state index contributed by atoms with van der Waals surface area (Å²) in [4.78, 5) is 4.04. The summed E-state index contributed by atoms with van der Waals surface area (Å²) in [5, 5.41) is 0. The largest absolute Gasteiger partial charge is 0.328 e. The highest BCUT2D eigenvalue weighted by molar-refractivity contribution is 4.92. The van der Waals surface area contributed by atoms with Crippen LogP contribution in [0.5, 0.6) is 0 Å². The van der Waals surface area contributed by atoms with Gasteiger partial charge in [0, 0.05) is 12.7 Å². The quantitative estimate of drug-likeness (QED) is 0.599. The van der Waals surface area contributed by atoms with E-state index in [-0.39, 0.29) is 0 Å². The average Bonchev–Trinajstić information content (AvgIpc) is 2.59. The number of aromatic nitrogens is 2. The van der Waals surface area contributed by atoms with Crippen molar-refractivity contribution in [1.82, 2.24) is 9.55 Å². The van der Waals surface area contributed by atoms with E-state index in [1.54, 1.807) is 0 Å². The lowest BCUT2D eigenvalue weighted by Gasteiger charge is -1.95. The van der Waals surface area contributed by atoms with Crippen LogP contribution in [0.15, 0.2) is 6.20 Å². The molecule has 0 atom stereocenters. The van der Waals surface area contributed by atoms with Crippen LogP contribution in [0.4, 0.5) is 0 Å².